The minimum atomic E-state index is -0.817. The van der Waals surface area contributed by atoms with Crippen LogP contribution in [0.3, 0.4) is 0 Å². The van der Waals surface area contributed by atoms with E-state index in [4.69, 9.17) is 0 Å². The summed E-state index contributed by atoms with van der Waals surface area (Å²) in [4.78, 5) is 11.2. The highest BCUT2D eigenvalue weighted by atomic mass is 16.4. The summed E-state index contributed by atoms with van der Waals surface area (Å²) in [5, 5.41) is 9.20. The lowest BCUT2D eigenvalue weighted by atomic mass is 9.89. The number of aliphatic carboxylic acids is 1. The topological polar surface area (TPSA) is 37.3 Å². The molecule has 3 aromatic rings. The van der Waals surface area contributed by atoms with E-state index >= 15 is 0 Å². The first-order chi connectivity index (χ1) is 10.8. The molecule has 3 aromatic carbocycles. The summed E-state index contributed by atoms with van der Waals surface area (Å²) in [5.41, 5.74) is 5.02. The Bertz CT molecular complexity index is 777. The largest absolute Gasteiger partial charge is 0.481 e. The molecule has 2 heteroatoms. The molecule has 0 radical (unpaired) electrons. The number of carbonyl (C=O) groups is 1. The first kappa shape index (κ1) is 14.1. The molecule has 0 saturated heterocycles. The molecule has 0 bridgehead atoms. The number of hydrogen-bond acceptors (Lipinski definition) is 1. The maximum atomic E-state index is 11.2. The fourth-order valence-electron chi connectivity index (χ4n) is 2.71. The summed E-state index contributed by atoms with van der Waals surface area (Å²) in [6.45, 7) is 0. The van der Waals surface area contributed by atoms with Crippen molar-refractivity contribution in [3.8, 4) is 22.3 Å². The lowest BCUT2D eigenvalue weighted by molar-refractivity contribution is -0.136. The Balaban J connectivity index is 2.24. The van der Waals surface area contributed by atoms with Crippen molar-refractivity contribution in [2.45, 2.75) is 6.42 Å². The van der Waals surface area contributed by atoms with Crippen LogP contribution in [-0.4, -0.2) is 11.1 Å². The molecule has 0 aliphatic heterocycles. The Morgan fingerprint density at radius 1 is 0.727 bits per heavy atom. The van der Waals surface area contributed by atoms with Gasteiger partial charge < -0.3 is 5.11 Å². The van der Waals surface area contributed by atoms with E-state index in [0.717, 1.165) is 27.8 Å². The molecule has 0 fully saturated rings. The van der Waals surface area contributed by atoms with Gasteiger partial charge in [-0.05, 0) is 27.8 Å². The molecule has 0 amide bonds. The molecular weight excluding hydrogens is 272 g/mol. The third kappa shape index (κ3) is 2.91. The Morgan fingerprint density at radius 2 is 1.32 bits per heavy atom. The normalized spacial score (nSPS) is 10.4. The quantitative estimate of drug-likeness (QED) is 0.759. The van der Waals surface area contributed by atoms with Crippen molar-refractivity contribution >= 4 is 5.97 Å². The van der Waals surface area contributed by atoms with Gasteiger partial charge in [0.15, 0.2) is 0 Å². The Kier molecular flexibility index (Phi) is 4.01. The zero-order valence-corrected chi connectivity index (χ0v) is 12.1. The van der Waals surface area contributed by atoms with E-state index in [1.54, 1.807) is 0 Å². The molecule has 0 atom stereocenters. The number of hydrogen-bond donors (Lipinski definition) is 1. The SMILES string of the molecule is O=C(O)Cc1cccc(-c2ccccc2)c1-c1ccccc1. The summed E-state index contributed by atoms with van der Waals surface area (Å²) in [7, 11) is 0. The summed E-state index contributed by atoms with van der Waals surface area (Å²) < 4.78 is 0. The highest BCUT2D eigenvalue weighted by Crippen LogP contribution is 2.35. The van der Waals surface area contributed by atoms with Gasteiger partial charge in [-0.15, -0.1) is 0 Å². The van der Waals surface area contributed by atoms with Crippen molar-refractivity contribution < 1.29 is 9.90 Å². The molecule has 3 rings (SSSR count). The van der Waals surface area contributed by atoms with Gasteiger partial charge in [0.2, 0.25) is 0 Å². The molecule has 22 heavy (non-hydrogen) atoms. The van der Waals surface area contributed by atoms with E-state index in [1.165, 1.54) is 0 Å². The molecule has 1 N–H and O–H groups in total. The van der Waals surface area contributed by atoms with E-state index in [2.05, 4.69) is 0 Å². The number of benzene rings is 3. The Hall–Kier alpha value is -2.87. The molecule has 0 saturated carbocycles. The second-order valence-corrected chi connectivity index (χ2v) is 5.14. The lowest BCUT2D eigenvalue weighted by Gasteiger charge is -2.14. The zero-order chi connectivity index (χ0) is 15.4. The van der Waals surface area contributed by atoms with Crippen LogP contribution in [0.4, 0.5) is 0 Å². The molecule has 0 unspecified atom stereocenters. The van der Waals surface area contributed by atoms with Gasteiger partial charge in [-0.2, -0.15) is 0 Å². The van der Waals surface area contributed by atoms with Gasteiger partial charge in [-0.25, -0.2) is 0 Å². The minimum Gasteiger partial charge on any atom is -0.481 e. The Labute approximate surface area is 129 Å². The summed E-state index contributed by atoms with van der Waals surface area (Å²) in [6, 6.07) is 25.9. The van der Waals surface area contributed by atoms with Crippen LogP contribution < -0.4 is 0 Å². The fourth-order valence-corrected chi connectivity index (χ4v) is 2.71. The van der Waals surface area contributed by atoms with Crippen molar-refractivity contribution in [1.82, 2.24) is 0 Å². The van der Waals surface area contributed by atoms with Crippen molar-refractivity contribution in [3.05, 3.63) is 84.4 Å². The summed E-state index contributed by atoms with van der Waals surface area (Å²) >= 11 is 0. The smallest absolute Gasteiger partial charge is 0.307 e. The van der Waals surface area contributed by atoms with Gasteiger partial charge in [0.05, 0.1) is 6.42 Å². The molecule has 0 spiro atoms. The third-order valence-electron chi connectivity index (χ3n) is 3.64. The van der Waals surface area contributed by atoms with Crippen LogP contribution in [0.15, 0.2) is 78.9 Å². The molecule has 0 heterocycles. The van der Waals surface area contributed by atoms with E-state index in [9.17, 15) is 9.90 Å². The maximum Gasteiger partial charge on any atom is 0.307 e. The van der Waals surface area contributed by atoms with Crippen LogP contribution >= 0.6 is 0 Å². The van der Waals surface area contributed by atoms with Gasteiger partial charge in [-0.1, -0.05) is 78.9 Å². The highest BCUT2D eigenvalue weighted by molar-refractivity contribution is 5.88. The molecule has 0 aromatic heterocycles. The van der Waals surface area contributed by atoms with E-state index in [-0.39, 0.29) is 6.42 Å². The van der Waals surface area contributed by atoms with Crippen LogP contribution in [0.25, 0.3) is 22.3 Å². The monoisotopic (exact) mass is 288 g/mol. The minimum absolute atomic E-state index is 0.0188. The second kappa shape index (κ2) is 6.27. The Morgan fingerprint density at radius 3 is 1.91 bits per heavy atom. The molecule has 108 valence electrons. The van der Waals surface area contributed by atoms with E-state index in [0.29, 0.717) is 0 Å². The van der Waals surface area contributed by atoms with Crippen molar-refractivity contribution in [1.29, 1.82) is 0 Å². The molecule has 0 aliphatic rings. The molecular formula is C20H16O2. The van der Waals surface area contributed by atoms with E-state index in [1.807, 2.05) is 78.9 Å². The van der Waals surface area contributed by atoms with Gasteiger partial charge >= 0.3 is 5.97 Å². The van der Waals surface area contributed by atoms with Crippen molar-refractivity contribution in [3.63, 3.8) is 0 Å². The number of carboxylic acid groups (broad SMARTS) is 1. The average molecular weight is 288 g/mol. The van der Waals surface area contributed by atoms with Crippen LogP contribution in [0.1, 0.15) is 5.56 Å². The van der Waals surface area contributed by atoms with Crippen LogP contribution in [-0.2, 0) is 11.2 Å². The molecule has 2 nitrogen and oxygen atoms in total. The number of rotatable bonds is 4. The molecule has 0 aliphatic carbocycles. The summed E-state index contributed by atoms with van der Waals surface area (Å²) in [5.74, 6) is -0.817. The fraction of sp³-hybridized carbons (Fsp3) is 0.0500. The lowest BCUT2D eigenvalue weighted by Crippen LogP contribution is -2.03. The van der Waals surface area contributed by atoms with Gasteiger partial charge in [0.25, 0.3) is 0 Å². The van der Waals surface area contributed by atoms with Crippen LogP contribution in [0, 0.1) is 0 Å². The average Bonchev–Trinajstić information content (AvgIpc) is 2.56. The van der Waals surface area contributed by atoms with Gasteiger partial charge in [-0.3, -0.25) is 4.79 Å². The van der Waals surface area contributed by atoms with Gasteiger partial charge in [0, 0.05) is 0 Å². The number of carboxylic acids is 1. The van der Waals surface area contributed by atoms with Crippen LogP contribution in [0.2, 0.25) is 0 Å². The predicted molar refractivity (Wildman–Crippen MR) is 88.7 cm³/mol. The highest BCUT2D eigenvalue weighted by Gasteiger charge is 2.14. The maximum absolute atomic E-state index is 11.2. The third-order valence-corrected chi connectivity index (χ3v) is 3.64. The second-order valence-electron chi connectivity index (χ2n) is 5.14. The zero-order valence-electron chi connectivity index (χ0n) is 12.1. The van der Waals surface area contributed by atoms with Gasteiger partial charge in [0.1, 0.15) is 0 Å². The first-order valence-corrected chi connectivity index (χ1v) is 7.20. The predicted octanol–water partition coefficient (Wildman–Crippen LogP) is 4.65. The first-order valence-electron chi connectivity index (χ1n) is 7.20. The van der Waals surface area contributed by atoms with Crippen LogP contribution in [0.5, 0.6) is 0 Å². The van der Waals surface area contributed by atoms with Crippen molar-refractivity contribution in [2.75, 3.05) is 0 Å². The van der Waals surface area contributed by atoms with E-state index < -0.39 is 5.97 Å². The summed E-state index contributed by atoms with van der Waals surface area (Å²) in [6.07, 6.45) is 0.0188. The van der Waals surface area contributed by atoms with Crippen molar-refractivity contribution in [2.24, 2.45) is 0 Å². The standard InChI is InChI=1S/C20H16O2/c21-19(22)14-17-12-7-13-18(15-8-3-1-4-9-15)20(17)16-10-5-2-6-11-16/h1-13H,14H2,(H,21,22).